The molecule has 0 saturated carbocycles. The van der Waals surface area contributed by atoms with Gasteiger partial charge in [0.25, 0.3) is 0 Å². The van der Waals surface area contributed by atoms with Crippen molar-refractivity contribution in [1.29, 1.82) is 0 Å². The smallest absolute Gasteiger partial charge is 0.339 e. The highest BCUT2D eigenvalue weighted by Gasteiger charge is 2.43. The van der Waals surface area contributed by atoms with E-state index in [0.29, 0.717) is 0 Å². The highest BCUT2D eigenvalue weighted by atomic mass is 16.6. The number of carbonyl (C=O) groups is 7. The molecular weight excluding hydrogens is 540 g/mol. The highest BCUT2D eigenvalue weighted by molar-refractivity contribution is 6.36. The second kappa shape index (κ2) is 9.24. The van der Waals surface area contributed by atoms with Crippen molar-refractivity contribution in [1.82, 2.24) is 0 Å². The fourth-order valence-corrected chi connectivity index (χ4v) is 6.05. The number of hydrogen-bond acceptors (Lipinski definition) is 9. The zero-order valence-electron chi connectivity index (χ0n) is 21.8. The third kappa shape index (κ3) is 3.53. The fraction of sp³-hybridized carbons (Fsp3) is 0.121. The normalized spacial score (nSPS) is 18.1. The van der Waals surface area contributed by atoms with E-state index >= 15 is 0 Å². The van der Waals surface area contributed by atoms with Gasteiger partial charge >= 0.3 is 11.9 Å². The molecule has 0 spiro atoms. The minimum absolute atomic E-state index is 0.000630. The molecule has 0 amide bonds. The van der Waals surface area contributed by atoms with Gasteiger partial charge in [-0.2, -0.15) is 0 Å². The number of esters is 2. The van der Waals surface area contributed by atoms with E-state index in [-0.39, 0.29) is 79.6 Å². The number of allylic oxidation sites excluding steroid dienone is 3. The number of rotatable bonds is 0. The van der Waals surface area contributed by atoms with Gasteiger partial charge in [-0.25, -0.2) is 9.59 Å². The Labute approximate surface area is 237 Å². The molecule has 204 valence electrons. The van der Waals surface area contributed by atoms with E-state index in [2.05, 4.69) is 0 Å². The summed E-state index contributed by atoms with van der Waals surface area (Å²) in [5, 5.41) is 0. The number of benzene rings is 3. The van der Waals surface area contributed by atoms with Crippen LogP contribution in [0.3, 0.4) is 0 Å². The molecule has 9 heteroatoms. The molecule has 0 bridgehead atoms. The van der Waals surface area contributed by atoms with Gasteiger partial charge in [-0.3, -0.25) is 24.0 Å². The molecule has 0 saturated heterocycles. The van der Waals surface area contributed by atoms with Crippen LogP contribution in [0.1, 0.15) is 81.3 Å². The quantitative estimate of drug-likeness (QED) is 0.296. The van der Waals surface area contributed by atoms with E-state index in [0.717, 1.165) is 0 Å². The molecule has 0 aromatic heterocycles. The molecule has 0 unspecified atom stereocenters. The average molecular weight is 558 g/mol. The molecule has 9 nitrogen and oxygen atoms in total. The summed E-state index contributed by atoms with van der Waals surface area (Å²) < 4.78 is 10.5. The van der Waals surface area contributed by atoms with Crippen LogP contribution in [0.25, 0.3) is 5.57 Å². The van der Waals surface area contributed by atoms with Gasteiger partial charge in [0.2, 0.25) is 5.78 Å². The summed E-state index contributed by atoms with van der Waals surface area (Å²) in [5.74, 6) is -4.76. The van der Waals surface area contributed by atoms with Crippen LogP contribution in [0.5, 0.6) is 0 Å². The Balaban J connectivity index is 1.61. The number of cyclic esters (lactones) is 2. The largest absolute Gasteiger partial charge is 0.454 e. The van der Waals surface area contributed by atoms with Crippen LogP contribution in [0, 0.1) is 0 Å². The first-order valence-corrected chi connectivity index (χ1v) is 13.1. The van der Waals surface area contributed by atoms with Crippen molar-refractivity contribution in [2.45, 2.75) is 12.8 Å². The maximum atomic E-state index is 14.1. The second-order valence-corrected chi connectivity index (χ2v) is 10.2. The molecule has 42 heavy (non-hydrogen) atoms. The number of hydrogen-bond donors (Lipinski definition) is 0. The van der Waals surface area contributed by atoms with Gasteiger partial charge in [-0.05, 0) is 25.0 Å². The Kier molecular flexibility index (Phi) is 5.59. The lowest BCUT2D eigenvalue weighted by Gasteiger charge is -2.31. The molecule has 1 heterocycles. The third-order valence-corrected chi connectivity index (χ3v) is 7.93. The number of fused-ring (bicyclic) bond motifs is 7. The lowest BCUT2D eigenvalue weighted by atomic mass is 9.69. The predicted molar refractivity (Wildman–Crippen MR) is 144 cm³/mol. The van der Waals surface area contributed by atoms with Gasteiger partial charge in [0, 0.05) is 61.2 Å². The third-order valence-electron chi connectivity index (χ3n) is 7.93. The van der Waals surface area contributed by atoms with Crippen molar-refractivity contribution in [3.63, 3.8) is 0 Å². The van der Waals surface area contributed by atoms with Gasteiger partial charge in [0.1, 0.15) is 0 Å². The summed E-state index contributed by atoms with van der Waals surface area (Å²) in [5.41, 5.74) is -0.408. The highest BCUT2D eigenvalue weighted by Crippen LogP contribution is 2.47. The van der Waals surface area contributed by atoms with Gasteiger partial charge in [0.05, 0.1) is 5.56 Å². The van der Waals surface area contributed by atoms with Crippen LogP contribution in [-0.4, -0.2) is 54.1 Å². The first-order chi connectivity index (χ1) is 20.3. The maximum absolute atomic E-state index is 14.1. The first kappa shape index (κ1) is 25.4. The van der Waals surface area contributed by atoms with E-state index < -0.39 is 54.1 Å². The van der Waals surface area contributed by atoms with Gasteiger partial charge in [0.15, 0.2) is 36.3 Å². The minimum atomic E-state index is -1.01. The van der Waals surface area contributed by atoms with Crippen molar-refractivity contribution >= 4 is 46.4 Å². The van der Waals surface area contributed by atoms with Crippen LogP contribution in [-0.2, 0) is 19.1 Å². The lowest BCUT2D eigenvalue weighted by Crippen LogP contribution is -2.30. The predicted octanol–water partition coefficient (Wildman–Crippen LogP) is 3.67. The Bertz CT molecular complexity index is 1950. The van der Waals surface area contributed by atoms with E-state index in [4.69, 9.17) is 9.47 Å². The van der Waals surface area contributed by atoms with Crippen LogP contribution in [0.2, 0.25) is 0 Å². The molecule has 3 aromatic carbocycles. The van der Waals surface area contributed by atoms with E-state index in [1.165, 1.54) is 36.4 Å². The van der Waals surface area contributed by atoms with Crippen molar-refractivity contribution in [2.24, 2.45) is 0 Å². The van der Waals surface area contributed by atoms with E-state index in [1.54, 1.807) is 24.3 Å². The van der Waals surface area contributed by atoms with Crippen molar-refractivity contribution in [3.05, 3.63) is 122 Å². The van der Waals surface area contributed by atoms with Crippen LogP contribution in [0.4, 0.5) is 0 Å². The lowest BCUT2D eigenvalue weighted by molar-refractivity contribution is -0.145. The summed E-state index contributed by atoms with van der Waals surface area (Å²) in [4.78, 5) is 94.8. The Hall–Kier alpha value is -5.57. The summed E-state index contributed by atoms with van der Waals surface area (Å²) >= 11 is 0. The monoisotopic (exact) mass is 558 g/mol. The first-order valence-electron chi connectivity index (χ1n) is 13.1. The van der Waals surface area contributed by atoms with Crippen LogP contribution < -0.4 is 0 Å². The van der Waals surface area contributed by atoms with Gasteiger partial charge in [-0.15, -0.1) is 0 Å². The number of ether oxygens (including phenoxy) is 2. The molecule has 3 aromatic rings. The topological polar surface area (TPSA) is 138 Å². The Morgan fingerprint density at radius 2 is 0.952 bits per heavy atom. The zero-order chi connectivity index (χ0) is 29.3. The molecule has 4 aliphatic rings. The standard InChI is InChI=1S/C33H18O9/c34-15-13-41-32(39)22-11-9-20-26(30(37)18-7-3-1-5-16(18)28(20)35)24(22)25-23(33(40)42-14-15)12-10-21-27(25)31(38)19-8-4-2-6-17(19)29(21)36/h1-9,11H,10,12-14H2. The summed E-state index contributed by atoms with van der Waals surface area (Å²) in [6, 6.07) is 15.0. The van der Waals surface area contributed by atoms with Crippen LogP contribution >= 0.6 is 0 Å². The molecule has 1 aliphatic heterocycles. The van der Waals surface area contributed by atoms with Crippen LogP contribution in [0.15, 0.2) is 77.4 Å². The molecule has 3 aliphatic carbocycles. The number of carbonyl (C=O) groups excluding carboxylic acids is 7. The SMILES string of the molecule is O=C1COC(=O)C2=C(C3=C(CC2)C(=O)c2ccccc2C3=O)c2c(ccc3c2C(=O)c2ccccc2C3=O)C(=O)OC1. The van der Waals surface area contributed by atoms with E-state index in [9.17, 15) is 33.6 Å². The second-order valence-electron chi connectivity index (χ2n) is 10.2. The molecule has 0 atom stereocenters. The fourth-order valence-electron chi connectivity index (χ4n) is 6.05. The van der Waals surface area contributed by atoms with Gasteiger partial charge < -0.3 is 9.47 Å². The average Bonchev–Trinajstić information content (AvgIpc) is 3.03. The summed E-state index contributed by atoms with van der Waals surface area (Å²) in [7, 11) is 0. The molecule has 0 fully saturated rings. The number of ketones is 5. The molecular formula is C33H18O9. The number of Topliss-reactive ketones (excluding diaryl/α,β-unsaturated/α-hetero) is 3. The molecule has 0 radical (unpaired) electrons. The molecule has 0 N–H and O–H groups in total. The maximum Gasteiger partial charge on any atom is 0.339 e. The summed E-state index contributed by atoms with van der Waals surface area (Å²) in [6.45, 7) is -1.40. The Morgan fingerprint density at radius 1 is 0.429 bits per heavy atom. The summed E-state index contributed by atoms with van der Waals surface area (Å²) in [6.07, 6.45) is -0.0834. The van der Waals surface area contributed by atoms with E-state index in [1.807, 2.05) is 0 Å². The Morgan fingerprint density at radius 3 is 1.62 bits per heavy atom. The van der Waals surface area contributed by atoms with Crippen molar-refractivity contribution < 1.29 is 43.0 Å². The minimum Gasteiger partial charge on any atom is -0.454 e. The van der Waals surface area contributed by atoms with Crippen molar-refractivity contribution in [3.8, 4) is 0 Å². The zero-order valence-corrected chi connectivity index (χ0v) is 21.8. The molecule has 7 rings (SSSR count). The van der Waals surface area contributed by atoms with Gasteiger partial charge in [-0.1, -0.05) is 48.5 Å². The van der Waals surface area contributed by atoms with Crippen molar-refractivity contribution in [2.75, 3.05) is 13.2 Å².